The Labute approximate surface area is 155 Å². The molecule has 3 aromatic rings. The monoisotopic (exact) mass is 370 g/mol. The van der Waals surface area contributed by atoms with Crippen molar-refractivity contribution in [3.8, 4) is 22.8 Å². The van der Waals surface area contributed by atoms with Gasteiger partial charge in [-0.1, -0.05) is 17.8 Å². The molecule has 9 heteroatoms. The molecule has 0 atom stereocenters. The van der Waals surface area contributed by atoms with Gasteiger partial charge >= 0.3 is 0 Å². The lowest BCUT2D eigenvalue weighted by Gasteiger charge is -2.12. The summed E-state index contributed by atoms with van der Waals surface area (Å²) >= 11 is 1.77. The molecular weight excluding hydrogens is 352 g/mol. The van der Waals surface area contributed by atoms with Gasteiger partial charge in [-0.05, 0) is 12.1 Å². The average molecular weight is 370 g/mol. The Morgan fingerprint density at radius 3 is 2.73 bits per heavy atom. The van der Waals surface area contributed by atoms with E-state index in [9.17, 15) is 0 Å². The van der Waals surface area contributed by atoms with Crippen molar-refractivity contribution < 1.29 is 9.47 Å². The molecule has 26 heavy (non-hydrogen) atoms. The van der Waals surface area contributed by atoms with E-state index in [-0.39, 0.29) is 0 Å². The molecule has 1 aromatic carbocycles. The van der Waals surface area contributed by atoms with Crippen LogP contribution in [0.2, 0.25) is 0 Å². The number of aryl methyl sites for hydroxylation is 1. The van der Waals surface area contributed by atoms with E-state index >= 15 is 0 Å². The van der Waals surface area contributed by atoms with Crippen LogP contribution in [0.4, 0.5) is 5.95 Å². The quantitative estimate of drug-likeness (QED) is 0.708. The van der Waals surface area contributed by atoms with Crippen LogP contribution in [-0.2, 0) is 13.1 Å². The van der Waals surface area contributed by atoms with Crippen molar-refractivity contribution in [1.82, 2.24) is 24.7 Å². The molecule has 0 aliphatic carbocycles. The van der Waals surface area contributed by atoms with Crippen molar-refractivity contribution in [1.29, 1.82) is 0 Å². The van der Waals surface area contributed by atoms with Crippen LogP contribution < -0.4 is 14.8 Å². The molecule has 0 spiro atoms. The van der Waals surface area contributed by atoms with Gasteiger partial charge in [0.25, 0.3) is 0 Å². The second-order valence-electron chi connectivity index (χ2n) is 5.61. The molecule has 1 aliphatic rings. The van der Waals surface area contributed by atoms with Crippen molar-refractivity contribution >= 4 is 17.7 Å². The lowest BCUT2D eigenvalue weighted by molar-refractivity contribution is 0.397. The van der Waals surface area contributed by atoms with Gasteiger partial charge in [-0.3, -0.25) is 0 Å². The van der Waals surface area contributed by atoms with Crippen molar-refractivity contribution in [3.05, 3.63) is 36.3 Å². The molecule has 0 bridgehead atoms. The highest BCUT2D eigenvalue weighted by Gasteiger charge is 2.16. The number of benzene rings is 1. The molecule has 0 fully saturated rings. The molecule has 4 rings (SSSR count). The maximum Gasteiger partial charge on any atom is 0.243 e. The van der Waals surface area contributed by atoms with Crippen LogP contribution in [0.3, 0.4) is 0 Å². The van der Waals surface area contributed by atoms with Gasteiger partial charge in [-0.25, -0.2) is 9.97 Å². The standard InChI is InChI=1S/C17H18N6O2S/c1-24-13-4-3-5-14(25-2)15(13)12-9-19-22-16(21-12)18-8-11-10-23-6-7-26-17(23)20-11/h3-5,9-10H,6-8H2,1-2H3,(H,18,21,22). The normalized spacial score (nSPS) is 12.7. The summed E-state index contributed by atoms with van der Waals surface area (Å²) in [5.74, 6) is 2.85. The van der Waals surface area contributed by atoms with Crippen molar-refractivity contribution in [2.45, 2.75) is 18.2 Å². The van der Waals surface area contributed by atoms with E-state index in [1.807, 2.05) is 18.2 Å². The molecule has 2 aromatic heterocycles. The lowest BCUT2D eigenvalue weighted by atomic mass is 10.1. The number of ether oxygens (including phenoxy) is 2. The lowest BCUT2D eigenvalue weighted by Crippen LogP contribution is -2.06. The number of imidazole rings is 1. The summed E-state index contributed by atoms with van der Waals surface area (Å²) in [6.45, 7) is 1.54. The van der Waals surface area contributed by atoms with Crippen LogP contribution in [-0.4, -0.2) is 44.7 Å². The first-order chi connectivity index (χ1) is 12.8. The zero-order valence-electron chi connectivity index (χ0n) is 14.5. The number of aromatic nitrogens is 5. The van der Waals surface area contributed by atoms with Crippen LogP contribution in [0, 0.1) is 0 Å². The number of fused-ring (bicyclic) bond motifs is 1. The Morgan fingerprint density at radius 1 is 1.19 bits per heavy atom. The van der Waals surface area contributed by atoms with E-state index in [1.165, 1.54) is 0 Å². The zero-order chi connectivity index (χ0) is 17.9. The average Bonchev–Trinajstić information content (AvgIpc) is 3.27. The molecular formula is C17H18N6O2S. The maximum absolute atomic E-state index is 5.44. The van der Waals surface area contributed by atoms with Gasteiger partial charge in [0.15, 0.2) is 5.16 Å². The molecule has 0 saturated carbocycles. The van der Waals surface area contributed by atoms with Crippen LogP contribution in [0.25, 0.3) is 11.3 Å². The van der Waals surface area contributed by atoms with E-state index in [0.717, 1.165) is 28.7 Å². The molecule has 8 nitrogen and oxygen atoms in total. The Balaban J connectivity index is 1.57. The van der Waals surface area contributed by atoms with Gasteiger partial charge in [0.2, 0.25) is 5.95 Å². The van der Waals surface area contributed by atoms with Crippen molar-refractivity contribution in [2.75, 3.05) is 25.3 Å². The number of methoxy groups -OCH3 is 2. The second-order valence-corrected chi connectivity index (χ2v) is 6.68. The van der Waals surface area contributed by atoms with E-state index in [1.54, 1.807) is 32.2 Å². The molecule has 0 unspecified atom stereocenters. The summed E-state index contributed by atoms with van der Waals surface area (Å²) < 4.78 is 13.0. The van der Waals surface area contributed by atoms with Crippen LogP contribution in [0.5, 0.6) is 11.5 Å². The largest absolute Gasteiger partial charge is 0.496 e. The summed E-state index contributed by atoms with van der Waals surface area (Å²) in [7, 11) is 3.23. The first-order valence-electron chi connectivity index (χ1n) is 8.12. The summed E-state index contributed by atoms with van der Waals surface area (Å²) in [6, 6.07) is 5.58. The molecule has 3 heterocycles. The number of nitrogens with one attached hydrogen (secondary N) is 1. The van der Waals surface area contributed by atoms with Crippen LogP contribution in [0.1, 0.15) is 5.69 Å². The fraction of sp³-hybridized carbons (Fsp3) is 0.294. The number of thioether (sulfide) groups is 1. The highest BCUT2D eigenvalue weighted by Crippen LogP contribution is 2.37. The molecule has 0 radical (unpaired) electrons. The van der Waals surface area contributed by atoms with Gasteiger partial charge < -0.3 is 19.4 Å². The van der Waals surface area contributed by atoms with E-state index < -0.39 is 0 Å². The molecule has 134 valence electrons. The third-order valence-electron chi connectivity index (χ3n) is 4.02. The summed E-state index contributed by atoms with van der Waals surface area (Å²) in [6.07, 6.45) is 3.65. The number of rotatable bonds is 6. The first-order valence-corrected chi connectivity index (χ1v) is 9.11. The van der Waals surface area contributed by atoms with Crippen LogP contribution in [0.15, 0.2) is 35.7 Å². The minimum atomic E-state index is 0.427. The number of hydrogen-bond donors (Lipinski definition) is 1. The molecule has 0 amide bonds. The SMILES string of the molecule is COc1cccc(OC)c1-c1cnnc(NCc2cn3c(n2)SCC3)n1. The minimum Gasteiger partial charge on any atom is -0.496 e. The predicted octanol–water partition coefficient (Wildman–Crippen LogP) is 2.47. The van der Waals surface area contributed by atoms with Crippen LogP contribution >= 0.6 is 11.8 Å². The van der Waals surface area contributed by atoms with Gasteiger partial charge in [0.05, 0.1) is 38.2 Å². The van der Waals surface area contributed by atoms with Crippen molar-refractivity contribution in [3.63, 3.8) is 0 Å². The number of nitrogens with zero attached hydrogens (tertiary/aromatic N) is 5. The smallest absolute Gasteiger partial charge is 0.243 e. The number of anilines is 1. The Bertz CT molecular complexity index is 886. The summed E-state index contributed by atoms with van der Waals surface area (Å²) in [5, 5.41) is 12.4. The van der Waals surface area contributed by atoms with Gasteiger partial charge in [-0.15, -0.1) is 5.10 Å². The van der Waals surface area contributed by atoms with E-state index in [2.05, 4.69) is 36.2 Å². The third kappa shape index (κ3) is 3.17. The maximum atomic E-state index is 5.44. The fourth-order valence-corrected chi connectivity index (χ4v) is 3.78. The highest BCUT2D eigenvalue weighted by molar-refractivity contribution is 7.99. The van der Waals surface area contributed by atoms with Gasteiger partial charge in [0.1, 0.15) is 17.2 Å². The summed E-state index contributed by atoms with van der Waals surface area (Å²) in [5.41, 5.74) is 2.32. The molecule has 1 N–H and O–H groups in total. The minimum absolute atomic E-state index is 0.427. The zero-order valence-corrected chi connectivity index (χ0v) is 15.3. The fourth-order valence-electron chi connectivity index (χ4n) is 2.82. The third-order valence-corrected chi connectivity index (χ3v) is 4.99. The van der Waals surface area contributed by atoms with E-state index in [0.29, 0.717) is 29.7 Å². The first kappa shape index (κ1) is 16.6. The topological polar surface area (TPSA) is 87.0 Å². The van der Waals surface area contributed by atoms with Crippen molar-refractivity contribution in [2.24, 2.45) is 0 Å². The second kappa shape index (κ2) is 7.20. The predicted molar refractivity (Wildman–Crippen MR) is 98.6 cm³/mol. The van der Waals surface area contributed by atoms with Gasteiger partial charge in [-0.2, -0.15) is 5.10 Å². The van der Waals surface area contributed by atoms with Gasteiger partial charge in [0, 0.05) is 18.5 Å². The highest BCUT2D eigenvalue weighted by atomic mass is 32.2. The Kier molecular flexibility index (Phi) is 4.61. The molecule has 1 aliphatic heterocycles. The Morgan fingerprint density at radius 2 is 2.00 bits per heavy atom. The Hall–Kier alpha value is -2.81. The molecule has 0 saturated heterocycles. The van der Waals surface area contributed by atoms with E-state index in [4.69, 9.17) is 9.47 Å². The number of hydrogen-bond acceptors (Lipinski definition) is 8. The summed E-state index contributed by atoms with van der Waals surface area (Å²) in [4.78, 5) is 9.14.